The van der Waals surface area contributed by atoms with E-state index >= 15 is 0 Å². The number of benzene rings is 1. The fourth-order valence-corrected chi connectivity index (χ4v) is 3.06. The van der Waals surface area contributed by atoms with Crippen molar-refractivity contribution in [3.8, 4) is 0 Å². The Morgan fingerprint density at radius 2 is 1.94 bits per heavy atom. The molecule has 0 aromatic heterocycles. The van der Waals surface area contributed by atoms with Crippen LogP contribution in [0, 0.1) is 0 Å². The lowest BCUT2D eigenvalue weighted by Crippen LogP contribution is -2.45. The van der Waals surface area contributed by atoms with Gasteiger partial charge in [0.2, 0.25) is 0 Å². The number of piperidine rings is 1. The normalized spacial score (nSPS) is 21.9. The van der Waals surface area contributed by atoms with Crippen LogP contribution in [0.4, 0.5) is 5.69 Å². The number of para-hydroxylation sites is 1. The molecular weight excluding hydrogens is 196 g/mol. The summed E-state index contributed by atoms with van der Waals surface area (Å²) in [5.41, 5.74) is 3.05. The van der Waals surface area contributed by atoms with Gasteiger partial charge in [-0.3, -0.25) is 0 Å². The molecule has 0 bridgehead atoms. The van der Waals surface area contributed by atoms with Gasteiger partial charge in [0.15, 0.2) is 0 Å². The summed E-state index contributed by atoms with van der Waals surface area (Å²) in [4.78, 5) is 2.65. The first-order valence-corrected chi connectivity index (χ1v) is 6.50. The number of aryl methyl sites for hydroxylation is 1. The van der Waals surface area contributed by atoms with E-state index in [0.29, 0.717) is 0 Å². The number of fused-ring (bicyclic) bond motifs is 1. The Bertz CT molecular complexity index is 356. The quantitative estimate of drug-likeness (QED) is 0.774. The molecule has 0 spiro atoms. The standard InChI is InChI=1S/C14H20N2/c1-2-6-14-12(4-1)5-3-11-16(14)13-7-9-15-10-8-13/h1-2,4,6,13,15H,3,5,7-11H2. The van der Waals surface area contributed by atoms with Crippen molar-refractivity contribution in [1.82, 2.24) is 5.32 Å². The van der Waals surface area contributed by atoms with Gasteiger partial charge in [0, 0.05) is 18.3 Å². The van der Waals surface area contributed by atoms with Gasteiger partial charge in [-0.25, -0.2) is 0 Å². The Morgan fingerprint density at radius 1 is 1.12 bits per heavy atom. The second-order valence-corrected chi connectivity index (χ2v) is 4.91. The maximum Gasteiger partial charge on any atom is 0.0401 e. The summed E-state index contributed by atoms with van der Waals surface area (Å²) < 4.78 is 0. The second-order valence-electron chi connectivity index (χ2n) is 4.91. The van der Waals surface area contributed by atoms with Gasteiger partial charge in [0.05, 0.1) is 0 Å². The Morgan fingerprint density at radius 3 is 2.81 bits per heavy atom. The summed E-state index contributed by atoms with van der Waals surface area (Å²) in [6.45, 7) is 3.62. The second kappa shape index (κ2) is 4.46. The molecule has 1 saturated heterocycles. The van der Waals surface area contributed by atoms with Crippen LogP contribution in [-0.2, 0) is 6.42 Å². The van der Waals surface area contributed by atoms with Crippen LogP contribution < -0.4 is 10.2 Å². The van der Waals surface area contributed by atoms with E-state index in [1.807, 2.05) is 0 Å². The third-order valence-corrected chi connectivity index (χ3v) is 3.90. The van der Waals surface area contributed by atoms with Crippen LogP contribution in [-0.4, -0.2) is 25.7 Å². The van der Waals surface area contributed by atoms with E-state index in [-0.39, 0.29) is 0 Å². The minimum absolute atomic E-state index is 0.766. The van der Waals surface area contributed by atoms with E-state index in [1.54, 1.807) is 5.56 Å². The highest BCUT2D eigenvalue weighted by Gasteiger charge is 2.24. The first-order chi connectivity index (χ1) is 7.95. The number of anilines is 1. The van der Waals surface area contributed by atoms with Gasteiger partial charge in [-0.2, -0.15) is 0 Å². The first-order valence-electron chi connectivity index (χ1n) is 6.50. The number of nitrogens with zero attached hydrogens (tertiary/aromatic N) is 1. The van der Waals surface area contributed by atoms with E-state index in [9.17, 15) is 0 Å². The molecule has 0 saturated carbocycles. The predicted octanol–water partition coefficient (Wildman–Crippen LogP) is 2.19. The van der Waals surface area contributed by atoms with E-state index in [0.717, 1.165) is 6.04 Å². The van der Waals surface area contributed by atoms with Gasteiger partial charge < -0.3 is 10.2 Å². The summed E-state index contributed by atoms with van der Waals surface area (Å²) in [5, 5.41) is 3.45. The van der Waals surface area contributed by atoms with Crippen molar-refractivity contribution < 1.29 is 0 Å². The van der Waals surface area contributed by atoms with Gasteiger partial charge in [0.25, 0.3) is 0 Å². The first kappa shape index (κ1) is 10.2. The molecule has 1 aromatic carbocycles. The highest BCUT2D eigenvalue weighted by molar-refractivity contribution is 5.56. The molecule has 3 rings (SSSR count). The molecule has 1 aromatic rings. The van der Waals surface area contributed by atoms with Crippen molar-refractivity contribution >= 4 is 5.69 Å². The van der Waals surface area contributed by atoms with E-state index < -0.39 is 0 Å². The van der Waals surface area contributed by atoms with Crippen LogP contribution >= 0.6 is 0 Å². The summed E-state index contributed by atoms with van der Waals surface area (Å²) >= 11 is 0. The minimum atomic E-state index is 0.766. The fourth-order valence-electron chi connectivity index (χ4n) is 3.06. The van der Waals surface area contributed by atoms with Gasteiger partial charge in [-0.1, -0.05) is 18.2 Å². The Balaban J connectivity index is 1.86. The molecule has 0 aliphatic carbocycles. The topological polar surface area (TPSA) is 15.3 Å². The smallest absolute Gasteiger partial charge is 0.0401 e. The average Bonchev–Trinajstić information content (AvgIpc) is 2.39. The third kappa shape index (κ3) is 1.82. The summed E-state index contributed by atoms with van der Waals surface area (Å²) in [5.74, 6) is 0. The van der Waals surface area contributed by atoms with E-state index in [4.69, 9.17) is 0 Å². The van der Waals surface area contributed by atoms with Crippen LogP contribution in [0.3, 0.4) is 0 Å². The fraction of sp³-hybridized carbons (Fsp3) is 0.571. The molecule has 2 heteroatoms. The lowest BCUT2D eigenvalue weighted by Gasteiger charge is -2.40. The maximum atomic E-state index is 3.45. The number of nitrogens with one attached hydrogen (secondary N) is 1. The van der Waals surface area contributed by atoms with Crippen LogP contribution in [0.25, 0.3) is 0 Å². The molecule has 2 aliphatic rings. The minimum Gasteiger partial charge on any atom is -0.368 e. The van der Waals surface area contributed by atoms with Crippen molar-refractivity contribution in [2.45, 2.75) is 31.7 Å². The summed E-state index contributed by atoms with van der Waals surface area (Å²) in [6, 6.07) is 9.71. The Hall–Kier alpha value is -1.02. The number of rotatable bonds is 1. The molecule has 2 heterocycles. The maximum absolute atomic E-state index is 3.45. The SMILES string of the molecule is c1ccc2c(c1)CCCN2C1CCNCC1. The largest absolute Gasteiger partial charge is 0.368 e. The van der Waals surface area contributed by atoms with Gasteiger partial charge in [0.1, 0.15) is 0 Å². The zero-order chi connectivity index (χ0) is 10.8. The van der Waals surface area contributed by atoms with Gasteiger partial charge >= 0.3 is 0 Å². The Labute approximate surface area is 97.6 Å². The molecule has 2 aliphatic heterocycles. The van der Waals surface area contributed by atoms with E-state index in [2.05, 4.69) is 34.5 Å². The number of hydrogen-bond acceptors (Lipinski definition) is 2. The molecule has 2 nitrogen and oxygen atoms in total. The summed E-state index contributed by atoms with van der Waals surface area (Å²) in [7, 11) is 0. The molecule has 0 unspecified atom stereocenters. The highest BCUT2D eigenvalue weighted by Crippen LogP contribution is 2.30. The molecule has 0 amide bonds. The lowest BCUT2D eigenvalue weighted by molar-refractivity contribution is 0.422. The predicted molar refractivity (Wildman–Crippen MR) is 68.0 cm³/mol. The lowest BCUT2D eigenvalue weighted by atomic mass is 9.96. The third-order valence-electron chi connectivity index (χ3n) is 3.90. The zero-order valence-electron chi connectivity index (χ0n) is 9.78. The molecule has 1 N–H and O–H groups in total. The molecule has 1 fully saturated rings. The van der Waals surface area contributed by atoms with E-state index in [1.165, 1.54) is 51.0 Å². The van der Waals surface area contributed by atoms with Crippen molar-refractivity contribution in [2.24, 2.45) is 0 Å². The van der Waals surface area contributed by atoms with Crippen molar-refractivity contribution in [3.63, 3.8) is 0 Å². The molecule has 0 atom stereocenters. The molecule has 0 radical (unpaired) electrons. The van der Waals surface area contributed by atoms with Crippen molar-refractivity contribution in [1.29, 1.82) is 0 Å². The van der Waals surface area contributed by atoms with Crippen LogP contribution in [0.1, 0.15) is 24.8 Å². The molecule has 86 valence electrons. The van der Waals surface area contributed by atoms with Gasteiger partial charge in [-0.05, 0) is 50.4 Å². The van der Waals surface area contributed by atoms with Crippen LogP contribution in [0.15, 0.2) is 24.3 Å². The Kier molecular flexibility index (Phi) is 2.83. The van der Waals surface area contributed by atoms with Crippen molar-refractivity contribution in [3.05, 3.63) is 29.8 Å². The highest BCUT2D eigenvalue weighted by atomic mass is 15.2. The average molecular weight is 216 g/mol. The van der Waals surface area contributed by atoms with Crippen LogP contribution in [0.2, 0.25) is 0 Å². The van der Waals surface area contributed by atoms with Crippen molar-refractivity contribution in [2.75, 3.05) is 24.5 Å². The summed E-state index contributed by atoms with van der Waals surface area (Å²) in [6.07, 6.45) is 5.18. The zero-order valence-corrected chi connectivity index (χ0v) is 9.78. The molecular formula is C14H20N2. The van der Waals surface area contributed by atoms with Gasteiger partial charge in [-0.15, -0.1) is 0 Å². The number of hydrogen-bond donors (Lipinski definition) is 1. The van der Waals surface area contributed by atoms with Crippen LogP contribution in [0.5, 0.6) is 0 Å². The molecule has 16 heavy (non-hydrogen) atoms. The monoisotopic (exact) mass is 216 g/mol.